The van der Waals surface area contributed by atoms with Crippen molar-refractivity contribution in [3.8, 4) is 5.88 Å². The highest BCUT2D eigenvalue weighted by atomic mass is 32.2. The Labute approximate surface area is 166 Å². The lowest BCUT2D eigenvalue weighted by atomic mass is 10.1. The zero-order chi connectivity index (χ0) is 21.0. The molecular weight excluding hydrogens is 403 g/mol. The second-order valence-electron chi connectivity index (χ2n) is 6.50. The molecule has 2 heterocycles. The van der Waals surface area contributed by atoms with Crippen molar-refractivity contribution in [2.75, 3.05) is 24.7 Å². The van der Waals surface area contributed by atoms with Crippen molar-refractivity contribution in [1.29, 1.82) is 5.41 Å². The monoisotopic (exact) mass is 424 g/mol. The maximum Gasteiger partial charge on any atom is 0.230 e. The number of nitrogens with zero attached hydrogens (tertiary/aromatic N) is 2. The van der Waals surface area contributed by atoms with E-state index in [9.17, 15) is 18.0 Å². The number of piperidine rings is 1. The summed E-state index contributed by atoms with van der Waals surface area (Å²) < 4.78 is 43.5. The van der Waals surface area contributed by atoms with E-state index in [1.807, 2.05) is 0 Å². The molecule has 0 unspecified atom stereocenters. The molecule has 29 heavy (non-hydrogen) atoms. The first kappa shape index (κ1) is 20.9. The van der Waals surface area contributed by atoms with Gasteiger partial charge in [-0.05, 0) is 44.1 Å². The van der Waals surface area contributed by atoms with E-state index in [1.54, 1.807) is 5.48 Å². The number of hydrogen-bond acceptors (Lipinski definition) is 9. The molecule has 1 aliphatic rings. The molecule has 0 atom stereocenters. The van der Waals surface area contributed by atoms with Crippen LogP contribution in [0.25, 0.3) is 0 Å². The Morgan fingerprint density at radius 1 is 1.34 bits per heavy atom. The van der Waals surface area contributed by atoms with Gasteiger partial charge in [0.05, 0.1) is 10.6 Å². The number of rotatable bonds is 6. The zero-order valence-electron chi connectivity index (χ0n) is 15.6. The molecule has 10 nitrogen and oxygen atoms in total. The molecule has 1 fully saturated rings. The van der Waals surface area contributed by atoms with Crippen LogP contribution in [0.2, 0.25) is 0 Å². The Hall–Kier alpha value is -2.83. The molecule has 0 radical (unpaired) electrons. The normalized spacial score (nSPS) is 15.0. The molecule has 0 amide bonds. The highest BCUT2D eigenvalue weighted by Crippen LogP contribution is 2.28. The molecule has 0 bridgehead atoms. The fraction of sp³-hybridized carbons (Fsp3) is 0.353. The summed E-state index contributed by atoms with van der Waals surface area (Å²) in [4.78, 5) is 7.91. The quantitative estimate of drug-likeness (QED) is 0.262. The third-order valence-corrected chi connectivity index (χ3v) is 5.47. The van der Waals surface area contributed by atoms with E-state index in [2.05, 4.69) is 20.6 Å². The summed E-state index contributed by atoms with van der Waals surface area (Å²) >= 11 is 0. The Balaban J connectivity index is 1.94. The zero-order valence-corrected chi connectivity index (χ0v) is 16.4. The van der Waals surface area contributed by atoms with E-state index < -0.39 is 21.5 Å². The molecule has 0 saturated carbocycles. The largest absolute Gasteiger partial charge is 0.474 e. The Morgan fingerprint density at radius 2 is 2.07 bits per heavy atom. The number of aromatic nitrogens is 2. The summed E-state index contributed by atoms with van der Waals surface area (Å²) in [6, 6.07) is 3.39. The third-order valence-electron chi connectivity index (χ3n) is 4.36. The number of halogens is 1. The standard InChI is InChI=1S/C17H21FN6O4S/c1-29(26,27)11-2-3-13(12(18)8-11)23-16-14(15(19)24-25)17(22-9-21-16)28-10-4-6-20-7-5-10/h2-3,8-10,20,25H,4-7H2,1H3,(H2,19,24)(H,21,22,23). The van der Waals surface area contributed by atoms with E-state index in [-0.39, 0.29) is 33.9 Å². The minimum atomic E-state index is -3.56. The van der Waals surface area contributed by atoms with Crippen molar-refractivity contribution >= 4 is 27.2 Å². The molecule has 12 heteroatoms. The van der Waals surface area contributed by atoms with Crippen LogP contribution in [-0.2, 0) is 9.84 Å². The first-order chi connectivity index (χ1) is 13.8. The number of amidine groups is 1. The average Bonchev–Trinajstić information content (AvgIpc) is 2.69. The van der Waals surface area contributed by atoms with E-state index in [0.29, 0.717) is 0 Å². The molecule has 5 N–H and O–H groups in total. The van der Waals surface area contributed by atoms with Crippen LogP contribution in [0, 0.1) is 11.2 Å². The summed E-state index contributed by atoms with van der Waals surface area (Å²) in [6.45, 7) is 1.56. The number of nitrogens with one attached hydrogen (secondary N) is 4. The van der Waals surface area contributed by atoms with Gasteiger partial charge in [0, 0.05) is 6.26 Å². The van der Waals surface area contributed by atoms with Crippen molar-refractivity contribution < 1.29 is 22.8 Å². The van der Waals surface area contributed by atoms with Gasteiger partial charge in [-0.25, -0.2) is 22.8 Å². The molecule has 1 aromatic carbocycles. The van der Waals surface area contributed by atoms with Crippen molar-refractivity contribution in [1.82, 2.24) is 20.8 Å². The van der Waals surface area contributed by atoms with Gasteiger partial charge in [0.1, 0.15) is 29.6 Å². The highest BCUT2D eigenvalue weighted by molar-refractivity contribution is 7.90. The van der Waals surface area contributed by atoms with Crippen LogP contribution >= 0.6 is 0 Å². The van der Waals surface area contributed by atoms with Crippen LogP contribution < -0.4 is 20.9 Å². The van der Waals surface area contributed by atoms with Crippen LogP contribution in [0.1, 0.15) is 18.4 Å². The Kier molecular flexibility index (Phi) is 6.25. The van der Waals surface area contributed by atoms with Crippen LogP contribution in [0.15, 0.2) is 29.4 Å². The fourth-order valence-corrected chi connectivity index (χ4v) is 3.49. The van der Waals surface area contributed by atoms with Gasteiger partial charge in [-0.1, -0.05) is 0 Å². The molecule has 2 aromatic rings. The third kappa shape index (κ3) is 4.96. The summed E-state index contributed by atoms with van der Waals surface area (Å²) in [7, 11) is -3.56. The minimum absolute atomic E-state index is 0.0140. The van der Waals surface area contributed by atoms with Gasteiger partial charge in [0.15, 0.2) is 15.7 Å². The average molecular weight is 424 g/mol. The fourth-order valence-electron chi connectivity index (χ4n) is 2.86. The topological polar surface area (TPSA) is 149 Å². The predicted octanol–water partition coefficient (Wildman–Crippen LogP) is 1.20. The number of hydroxylamine groups is 1. The van der Waals surface area contributed by atoms with E-state index in [0.717, 1.165) is 38.3 Å². The molecular formula is C17H21FN6O4S. The number of ether oxygens (including phenoxy) is 1. The predicted molar refractivity (Wildman–Crippen MR) is 103 cm³/mol. The van der Waals surface area contributed by atoms with E-state index >= 15 is 0 Å². The van der Waals surface area contributed by atoms with Crippen LogP contribution in [0.3, 0.4) is 0 Å². The van der Waals surface area contributed by atoms with Gasteiger partial charge in [-0.3, -0.25) is 16.1 Å². The summed E-state index contributed by atoms with van der Waals surface area (Å²) in [5.41, 5.74) is 1.68. The van der Waals surface area contributed by atoms with E-state index in [4.69, 9.17) is 10.1 Å². The van der Waals surface area contributed by atoms with Crippen LogP contribution in [0.5, 0.6) is 5.88 Å². The van der Waals surface area contributed by atoms with Gasteiger partial charge in [-0.2, -0.15) is 0 Å². The maximum absolute atomic E-state index is 14.4. The van der Waals surface area contributed by atoms with Crippen molar-refractivity contribution in [3.63, 3.8) is 0 Å². The van der Waals surface area contributed by atoms with Gasteiger partial charge >= 0.3 is 0 Å². The lowest BCUT2D eigenvalue weighted by Crippen LogP contribution is -2.35. The minimum Gasteiger partial charge on any atom is -0.474 e. The van der Waals surface area contributed by atoms with Crippen molar-refractivity contribution in [3.05, 3.63) is 35.9 Å². The number of sulfone groups is 1. The summed E-state index contributed by atoms with van der Waals surface area (Å²) in [5, 5.41) is 23.1. The van der Waals surface area contributed by atoms with E-state index in [1.165, 1.54) is 18.5 Å². The van der Waals surface area contributed by atoms with Crippen LogP contribution in [0.4, 0.5) is 15.9 Å². The Bertz CT molecular complexity index is 1010. The van der Waals surface area contributed by atoms with Crippen molar-refractivity contribution in [2.24, 2.45) is 0 Å². The Morgan fingerprint density at radius 3 is 2.69 bits per heavy atom. The molecule has 1 aromatic heterocycles. The molecule has 1 saturated heterocycles. The van der Waals surface area contributed by atoms with Gasteiger partial charge in [-0.15, -0.1) is 0 Å². The maximum atomic E-state index is 14.4. The molecule has 3 rings (SSSR count). The van der Waals surface area contributed by atoms with Crippen molar-refractivity contribution in [2.45, 2.75) is 23.8 Å². The van der Waals surface area contributed by atoms with Gasteiger partial charge < -0.3 is 15.4 Å². The highest BCUT2D eigenvalue weighted by Gasteiger charge is 2.23. The number of benzene rings is 1. The number of anilines is 2. The molecule has 1 aliphatic heterocycles. The molecule has 156 valence electrons. The summed E-state index contributed by atoms with van der Waals surface area (Å²) in [5.74, 6) is -1.18. The SMILES string of the molecule is CS(=O)(=O)c1ccc(Nc2ncnc(OC3CCNCC3)c2C(=N)NO)c(F)c1. The van der Waals surface area contributed by atoms with Crippen LogP contribution in [-0.4, -0.2) is 54.9 Å². The molecule has 0 aliphatic carbocycles. The lowest BCUT2D eigenvalue weighted by Gasteiger charge is -2.24. The van der Waals surface area contributed by atoms with Gasteiger partial charge in [0.2, 0.25) is 5.88 Å². The molecule has 0 spiro atoms. The summed E-state index contributed by atoms with van der Waals surface area (Å²) in [6.07, 6.45) is 3.53. The first-order valence-corrected chi connectivity index (χ1v) is 10.7. The number of hydrogen-bond donors (Lipinski definition) is 5. The van der Waals surface area contributed by atoms with Gasteiger partial charge in [0.25, 0.3) is 0 Å². The smallest absolute Gasteiger partial charge is 0.230 e. The second kappa shape index (κ2) is 8.68. The lowest BCUT2D eigenvalue weighted by molar-refractivity contribution is 0.155. The first-order valence-electron chi connectivity index (χ1n) is 8.77. The second-order valence-corrected chi connectivity index (χ2v) is 8.51.